The molecule has 0 atom stereocenters. The van der Waals surface area contributed by atoms with Crippen LogP contribution in [0.3, 0.4) is 0 Å². The van der Waals surface area contributed by atoms with Crippen LogP contribution in [-0.4, -0.2) is 52.5 Å². The molecule has 25 heavy (non-hydrogen) atoms. The second kappa shape index (κ2) is 7.63. The number of anilines is 1. The van der Waals surface area contributed by atoms with Gasteiger partial charge in [-0.25, -0.2) is 4.98 Å². The lowest BCUT2D eigenvalue weighted by atomic mass is 10.1. The molecule has 136 valence electrons. The molecule has 0 aromatic carbocycles. The molecule has 1 aliphatic rings. The van der Waals surface area contributed by atoms with Crippen LogP contribution in [0.2, 0.25) is 0 Å². The fourth-order valence-corrected chi connectivity index (χ4v) is 3.45. The van der Waals surface area contributed by atoms with Gasteiger partial charge < -0.3 is 9.64 Å². The zero-order valence-corrected chi connectivity index (χ0v) is 14.5. The molecule has 2 aromatic rings. The van der Waals surface area contributed by atoms with Gasteiger partial charge >= 0.3 is 6.18 Å². The quantitative estimate of drug-likeness (QED) is 0.802. The molecule has 1 saturated heterocycles. The third-order valence-electron chi connectivity index (χ3n) is 3.93. The Labute approximate surface area is 147 Å². The summed E-state index contributed by atoms with van der Waals surface area (Å²) in [6.45, 7) is 3.32. The molecular weight excluding hydrogens is 355 g/mol. The van der Waals surface area contributed by atoms with Gasteiger partial charge in [-0.05, 0) is 11.6 Å². The van der Waals surface area contributed by atoms with Gasteiger partial charge in [0.05, 0.1) is 0 Å². The highest BCUT2D eigenvalue weighted by atomic mass is 32.1. The Morgan fingerprint density at radius 3 is 2.68 bits per heavy atom. The maximum Gasteiger partial charge on any atom is 0.433 e. The highest BCUT2D eigenvalue weighted by Crippen LogP contribution is 2.31. The number of nitrogens with zero attached hydrogens (tertiary/aromatic N) is 5. The van der Waals surface area contributed by atoms with Crippen LogP contribution >= 0.6 is 11.5 Å². The molecule has 10 heteroatoms. The van der Waals surface area contributed by atoms with Crippen LogP contribution in [0, 0.1) is 0 Å². The van der Waals surface area contributed by atoms with E-state index in [0.29, 0.717) is 38.6 Å². The second-order valence-electron chi connectivity index (χ2n) is 5.70. The van der Waals surface area contributed by atoms with E-state index in [1.807, 2.05) is 4.90 Å². The summed E-state index contributed by atoms with van der Waals surface area (Å²) in [7, 11) is 1.59. The molecule has 0 bridgehead atoms. The van der Waals surface area contributed by atoms with Crippen molar-refractivity contribution in [3.8, 4) is 0 Å². The van der Waals surface area contributed by atoms with E-state index in [1.54, 1.807) is 13.2 Å². The number of rotatable bonds is 5. The molecule has 3 rings (SSSR count). The number of ether oxygens (including phenoxy) is 1. The molecule has 2 aromatic heterocycles. The predicted octanol–water partition coefficient (Wildman–Crippen LogP) is 2.42. The largest absolute Gasteiger partial charge is 0.433 e. The summed E-state index contributed by atoms with van der Waals surface area (Å²) in [5.41, 5.74) is -0.590. The van der Waals surface area contributed by atoms with E-state index in [0.717, 1.165) is 5.13 Å². The minimum Gasteiger partial charge on any atom is -0.377 e. The monoisotopic (exact) mass is 373 g/mol. The maximum atomic E-state index is 13.0. The summed E-state index contributed by atoms with van der Waals surface area (Å²) in [6.07, 6.45) is -3.25. The number of alkyl halides is 3. The van der Waals surface area contributed by atoms with E-state index >= 15 is 0 Å². The Morgan fingerprint density at radius 2 is 2.00 bits per heavy atom. The third kappa shape index (κ3) is 4.44. The van der Waals surface area contributed by atoms with Gasteiger partial charge in [-0.15, -0.1) is 0 Å². The molecule has 0 unspecified atom stereocenters. The van der Waals surface area contributed by atoms with Crippen LogP contribution in [0.25, 0.3) is 0 Å². The summed E-state index contributed by atoms with van der Waals surface area (Å²) in [6, 6.07) is 3.03. The van der Waals surface area contributed by atoms with Gasteiger partial charge in [-0.3, -0.25) is 9.88 Å². The van der Waals surface area contributed by atoms with Crippen molar-refractivity contribution in [2.24, 2.45) is 0 Å². The standard InChI is InChI=1S/C15H18F3N5OS/c1-24-10-12-20-14(25-21-12)23-7-5-22(6-8-23)9-11-3-2-4-19-13(11)15(16,17)18/h2-4H,5-10H2,1H3. The molecule has 3 heterocycles. The van der Waals surface area contributed by atoms with Crippen molar-refractivity contribution in [3.63, 3.8) is 0 Å². The number of methoxy groups -OCH3 is 1. The smallest absolute Gasteiger partial charge is 0.377 e. The highest BCUT2D eigenvalue weighted by Gasteiger charge is 2.35. The van der Waals surface area contributed by atoms with Crippen LogP contribution in [-0.2, 0) is 24.1 Å². The molecule has 6 nitrogen and oxygen atoms in total. The molecule has 0 radical (unpaired) electrons. The van der Waals surface area contributed by atoms with Gasteiger partial charge in [-0.2, -0.15) is 17.5 Å². The molecule has 0 spiro atoms. The topological polar surface area (TPSA) is 54.4 Å². The molecule has 0 aliphatic carbocycles. The Balaban J connectivity index is 1.60. The van der Waals surface area contributed by atoms with E-state index in [4.69, 9.17) is 4.74 Å². The van der Waals surface area contributed by atoms with Crippen molar-refractivity contribution in [2.75, 3.05) is 38.2 Å². The fraction of sp³-hybridized carbons (Fsp3) is 0.533. The average molecular weight is 373 g/mol. The molecule has 0 amide bonds. The minimum absolute atomic E-state index is 0.210. The van der Waals surface area contributed by atoms with E-state index in [1.165, 1.54) is 23.8 Å². The lowest BCUT2D eigenvalue weighted by molar-refractivity contribution is -0.142. The molecular formula is C15H18F3N5OS. The van der Waals surface area contributed by atoms with E-state index in [9.17, 15) is 13.2 Å². The Morgan fingerprint density at radius 1 is 1.24 bits per heavy atom. The van der Waals surface area contributed by atoms with Crippen LogP contribution in [0.5, 0.6) is 0 Å². The summed E-state index contributed by atoms with van der Waals surface area (Å²) >= 11 is 1.31. The number of hydrogen-bond donors (Lipinski definition) is 0. The maximum absolute atomic E-state index is 13.0. The van der Waals surface area contributed by atoms with Gasteiger partial charge in [0.2, 0.25) is 5.13 Å². The van der Waals surface area contributed by atoms with E-state index < -0.39 is 11.9 Å². The number of piperazine rings is 1. The Bertz CT molecular complexity index is 700. The first-order valence-corrected chi connectivity index (χ1v) is 8.54. The summed E-state index contributed by atoms with van der Waals surface area (Å²) in [5.74, 6) is 0.648. The van der Waals surface area contributed by atoms with Crippen LogP contribution < -0.4 is 4.90 Å². The van der Waals surface area contributed by atoms with Gasteiger partial charge in [0.25, 0.3) is 0 Å². The number of halogens is 3. The van der Waals surface area contributed by atoms with Crippen molar-refractivity contribution in [1.82, 2.24) is 19.2 Å². The average Bonchev–Trinajstić information content (AvgIpc) is 3.04. The molecule has 0 N–H and O–H groups in total. The van der Waals surface area contributed by atoms with Crippen molar-refractivity contribution in [3.05, 3.63) is 35.4 Å². The summed E-state index contributed by atoms with van der Waals surface area (Å²) in [4.78, 5) is 12.0. The van der Waals surface area contributed by atoms with Gasteiger partial charge in [-0.1, -0.05) is 6.07 Å². The SMILES string of the molecule is COCc1nsc(N2CCN(Cc3cccnc3C(F)(F)F)CC2)n1. The van der Waals surface area contributed by atoms with Crippen LogP contribution in [0.4, 0.5) is 18.3 Å². The molecule has 1 fully saturated rings. The second-order valence-corrected chi connectivity index (χ2v) is 6.43. The predicted molar refractivity (Wildman–Crippen MR) is 87.4 cm³/mol. The van der Waals surface area contributed by atoms with E-state index in [2.05, 4.69) is 19.2 Å². The van der Waals surface area contributed by atoms with Crippen LogP contribution in [0.1, 0.15) is 17.1 Å². The normalized spacial score (nSPS) is 16.4. The van der Waals surface area contributed by atoms with Crippen LogP contribution in [0.15, 0.2) is 18.3 Å². The molecule has 0 saturated carbocycles. The third-order valence-corrected chi connectivity index (χ3v) is 4.74. The number of aromatic nitrogens is 3. The molecule has 1 aliphatic heterocycles. The van der Waals surface area contributed by atoms with Crippen molar-refractivity contribution < 1.29 is 17.9 Å². The van der Waals surface area contributed by atoms with Gasteiger partial charge in [0.15, 0.2) is 5.82 Å². The minimum atomic E-state index is -4.43. The van der Waals surface area contributed by atoms with Crippen molar-refractivity contribution >= 4 is 16.7 Å². The van der Waals surface area contributed by atoms with E-state index in [-0.39, 0.29) is 12.1 Å². The van der Waals surface area contributed by atoms with Gasteiger partial charge in [0, 0.05) is 57.6 Å². The zero-order chi connectivity index (χ0) is 17.9. The Hall–Kier alpha value is -1.78. The first kappa shape index (κ1) is 18.0. The summed E-state index contributed by atoms with van der Waals surface area (Å²) in [5, 5.41) is 0.823. The first-order chi connectivity index (χ1) is 12.0. The fourth-order valence-electron chi connectivity index (χ4n) is 2.72. The summed E-state index contributed by atoms with van der Waals surface area (Å²) < 4.78 is 48.3. The zero-order valence-electron chi connectivity index (χ0n) is 13.7. The number of hydrogen-bond acceptors (Lipinski definition) is 7. The van der Waals surface area contributed by atoms with Crippen molar-refractivity contribution in [1.29, 1.82) is 0 Å². The highest BCUT2D eigenvalue weighted by molar-refractivity contribution is 7.09. The van der Waals surface area contributed by atoms with Crippen molar-refractivity contribution in [2.45, 2.75) is 19.3 Å². The lowest BCUT2D eigenvalue weighted by Gasteiger charge is -2.34. The van der Waals surface area contributed by atoms with Gasteiger partial charge in [0.1, 0.15) is 12.3 Å². The lowest BCUT2D eigenvalue weighted by Crippen LogP contribution is -2.46. The Kier molecular flexibility index (Phi) is 5.50. The number of pyridine rings is 1. The first-order valence-electron chi connectivity index (χ1n) is 7.77.